The highest BCUT2D eigenvalue weighted by atomic mass is 32.2. The summed E-state index contributed by atoms with van der Waals surface area (Å²) in [6, 6.07) is 13.0. The molecule has 132 valence electrons. The van der Waals surface area contributed by atoms with Gasteiger partial charge in [-0.2, -0.15) is 5.21 Å². The summed E-state index contributed by atoms with van der Waals surface area (Å²) >= 11 is 1.01. The highest BCUT2D eigenvalue weighted by Gasteiger charge is 2.46. The first-order chi connectivity index (χ1) is 12.5. The third kappa shape index (κ3) is 2.61. The number of anilines is 1. The average molecular weight is 388 g/mol. The van der Waals surface area contributed by atoms with Crippen molar-refractivity contribution >= 4 is 33.4 Å². The minimum absolute atomic E-state index is 0.0552. The maximum absolute atomic E-state index is 13.0. The number of nitrogens with one attached hydrogen (secondary N) is 1. The third-order valence-corrected chi connectivity index (χ3v) is 6.84. The van der Waals surface area contributed by atoms with Crippen LogP contribution in [0.1, 0.15) is 21.3 Å². The number of aromatic amines is 1. The number of carbonyl (C=O) groups is 1. The molecule has 0 radical (unpaired) electrons. The van der Waals surface area contributed by atoms with Gasteiger partial charge in [0.2, 0.25) is 5.16 Å². The van der Waals surface area contributed by atoms with E-state index in [1.54, 1.807) is 30.3 Å². The lowest BCUT2D eigenvalue weighted by molar-refractivity contribution is 0.0862. The molecular weight excluding hydrogens is 376 g/mol. The maximum Gasteiger partial charge on any atom is 0.270 e. The topological polar surface area (TPSA) is 135 Å². The normalized spacial score (nSPS) is 16.5. The van der Waals surface area contributed by atoms with Gasteiger partial charge >= 0.3 is 0 Å². The van der Waals surface area contributed by atoms with Crippen LogP contribution >= 0.6 is 11.8 Å². The number of fused-ring (bicyclic) bond motifs is 1. The van der Waals surface area contributed by atoms with Crippen molar-refractivity contribution < 1.29 is 13.2 Å². The van der Waals surface area contributed by atoms with Crippen LogP contribution in [0.15, 0.2) is 58.6 Å². The van der Waals surface area contributed by atoms with Gasteiger partial charge in [-0.3, -0.25) is 4.79 Å². The first-order valence-corrected chi connectivity index (χ1v) is 9.74. The zero-order chi connectivity index (χ0) is 18.3. The molecule has 1 amide bonds. The van der Waals surface area contributed by atoms with Crippen molar-refractivity contribution in [1.29, 1.82) is 0 Å². The lowest BCUT2D eigenvalue weighted by atomic mass is 10.1. The Hall–Kier alpha value is -2.92. The Morgan fingerprint density at radius 1 is 1.15 bits per heavy atom. The molecule has 1 atom stereocenters. The number of sulfonamides is 1. The number of benzene rings is 2. The second-order valence-corrected chi connectivity index (χ2v) is 8.27. The monoisotopic (exact) mass is 388 g/mol. The molecule has 2 heterocycles. The summed E-state index contributed by atoms with van der Waals surface area (Å²) < 4.78 is 26.9. The Balaban J connectivity index is 1.85. The van der Waals surface area contributed by atoms with E-state index in [2.05, 4.69) is 20.6 Å². The van der Waals surface area contributed by atoms with Crippen LogP contribution in [0.2, 0.25) is 0 Å². The largest absolute Gasteiger partial charge is 0.399 e. The predicted octanol–water partition coefficient (Wildman–Crippen LogP) is 1.42. The molecule has 0 saturated heterocycles. The van der Waals surface area contributed by atoms with Crippen LogP contribution in [-0.2, 0) is 10.0 Å². The first kappa shape index (κ1) is 16.5. The maximum atomic E-state index is 13.0. The highest BCUT2D eigenvalue weighted by Crippen LogP contribution is 2.44. The zero-order valence-electron chi connectivity index (χ0n) is 13.1. The molecule has 9 nitrogen and oxygen atoms in total. The molecule has 2 aromatic carbocycles. The van der Waals surface area contributed by atoms with E-state index in [1.165, 1.54) is 18.2 Å². The van der Waals surface area contributed by atoms with Gasteiger partial charge in [-0.25, -0.2) is 12.7 Å². The lowest BCUT2D eigenvalue weighted by Crippen LogP contribution is -2.32. The van der Waals surface area contributed by atoms with Crippen LogP contribution in [0.25, 0.3) is 0 Å². The quantitative estimate of drug-likeness (QED) is 0.506. The molecular formula is C15H12N6O3S2. The van der Waals surface area contributed by atoms with Gasteiger partial charge in [0.1, 0.15) is 10.3 Å². The molecule has 1 aliphatic rings. The van der Waals surface area contributed by atoms with Crippen LogP contribution in [0.5, 0.6) is 0 Å². The molecule has 0 aliphatic carbocycles. The Bertz CT molecular complexity index is 1070. The number of nitrogen functional groups attached to an aromatic ring is 1. The Morgan fingerprint density at radius 2 is 1.92 bits per heavy atom. The Labute approximate surface area is 152 Å². The van der Waals surface area contributed by atoms with E-state index >= 15 is 0 Å². The van der Waals surface area contributed by atoms with E-state index in [0.717, 1.165) is 16.1 Å². The number of rotatable bonds is 4. The SMILES string of the molecule is Nc1ccc2c(c1)C(=O)N(C(Sc1nn[nH]n1)c1ccccc1)S2(=O)=O. The number of carbonyl (C=O) groups excluding carboxylic acids is 1. The summed E-state index contributed by atoms with van der Waals surface area (Å²) in [5, 5.41) is 12.8. The number of hydrogen-bond donors (Lipinski definition) is 2. The van der Waals surface area contributed by atoms with E-state index in [-0.39, 0.29) is 15.6 Å². The van der Waals surface area contributed by atoms with Crippen molar-refractivity contribution in [1.82, 2.24) is 24.9 Å². The van der Waals surface area contributed by atoms with Crippen molar-refractivity contribution in [3.05, 3.63) is 59.7 Å². The van der Waals surface area contributed by atoms with Gasteiger partial charge in [0, 0.05) is 5.69 Å². The molecule has 1 aliphatic heterocycles. The number of aromatic nitrogens is 4. The molecule has 1 aromatic heterocycles. The summed E-state index contributed by atoms with van der Waals surface area (Å²) in [6.07, 6.45) is 0. The van der Waals surface area contributed by atoms with E-state index < -0.39 is 21.3 Å². The predicted molar refractivity (Wildman–Crippen MR) is 93.4 cm³/mol. The summed E-state index contributed by atoms with van der Waals surface area (Å²) in [5.41, 5.74) is 6.70. The summed E-state index contributed by atoms with van der Waals surface area (Å²) in [6.45, 7) is 0. The van der Waals surface area contributed by atoms with Crippen molar-refractivity contribution in [2.24, 2.45) is 0 Å². The molecule has 0 bridgehead atoms. The van der Waals surface area contributed by atoms with Crippen molar-refractivity contribution in [3.63, 3.8) is 0 Å². The van der Waals surface area contributed by atoms with Gasteiger partial charge in [0.15, 0.2) is 0 Å². The van der Waals surface area contributed by atoms with Crippen LogP contribution in [-0.4, -0.2) is 39.3 Å². The van der Waals surface area contributed by atoms with Gasteiger partial charge in [-0.1, -0.05) is 42.1 Å². The van der Waals surface area contributed by atoms with Gasteiger partial charge in [0.05, 0.1) is 5.56 Å². The Kier molecular flexibility index (Phi) is 3.89. The molecule has 1 unspecified atom stereocenters. The summed E-state index contributed by atoms with van der Waals surface area (Å²) in [7, 11) is -4.04. The molecule has 3 aromatic rings. The van der Waals surface area contributed by atoms with E-state index in [4.69, 9.17) is 5.73 Å². The molecule has 0 spiro atoms. The number of nitrogens with zero attached hydrogens (tertiary/aromatic N) is 4. The van der Waals surface area contributed by atoms with Crippen LogP contribution in [0.3, 0.4) is 0 Å². The first-order valence-electron chi connectivity index (χ1n) is 7.42. The lowest BCUT2D eigenvalue weighted by Gasteiger charge is -2.25. The average Bonchev–Trinajstić information content (AvgIpc) is 3.20. The minimum Gasteiger partial charge on any atom is -0.399 e. The number of hydrogen-bond acceptors (Lipinski definition) is 8. The van der Waals surface area contributed by atoms with Gasteiger partial charge in [-0.05, 0) is 29.0 Å². The van der Waals surface area contributed by atoms with Crippen LogP contribution in [0.4, 0.5) is 5.69 Å². The van der Waals surface area contributed by atoms with E-state index in [0.29, 0.717) is 11.3 Å². The van der Waals surface area contributed by atoms with E-state index in [1.807, 2.05) is 0 Å². The van der Waals surface area contributed by atoms with Gasteiger partial charge in [-0.15, -0.1) is 10.2 Å². The second kappa shape index (κ2) is 6.11. The summed E-state index contributed by atoms with van der Waals surface area (Å²) in [4.78, 5) is 12.9. The van der Waals surface area contributed by atoms with Crippen LogP contribution in [0, 0.1) is 0 Å². The number of thioether (sulfide) groups is 1. The van der Waals surface area contributed by atoms with Crippen molar-refractivity contribution in [3.8, 4) is 0 Å². The molecule has 4 rings (SSSR count). The van der Waals surface area contributed by atoms with Crippen LogP contribution < -0.4 is 5.73 Å². The summed E-state index contributed by atoms with van der Waals surface area (Å²) in [5.74, 6) is -0.642. The molecule has 0 saturated carbocycles. The fourth-order valence-electron chi connectivity index (χ4n) is 2.68. The fourth-order valence-corrected chi connectivity index (χ4v) is 5.58. The molecule has 3 N–H and O–H groups in total. The molecule has 26 heavy (non-hydrogen) atoms. The standard InChI is InChI=1S/C15H12N6O3S2/c16-10-6-7-12-11(8-10)13(22)21(26(12,23)24)14(9-4-2-1-3-5-9)25-15-17-19-20-18-15/h1-8,14H,16H2,(H,17,18,19,20). The van der Waals surface area contributed by atoms with E-state index in [9.17, 15) is 13.2 Å². The zero-order valence-corrected chi connectivity index (χ0v) is 14.7. The number of amides is 1. The van der Waals surface area contributed by atoms with Crippen molar-refractivity contribution in [2.75, 3.05) is 5.73 Å². The fraction of sp³-hybridized carbons (Fsp3) is 0.0667. The minimum atomic E-state index is -4.04. The van der Waals surface area contributed by atoms with Gasteiger partial charge < -0.3 is 5.73 Å². The highest BCUT2D eigenvalue weighted by molar-refractivity contribution is 8.00. The number of tetrazole rings is 1. The van der Waals surface area contributed by atoms with Gasteiger partial charge in [0.25, 0.3) is 15.9 Å². The van der Waals surface area contributed by atoms with Crippen molar-refractivity contribution in [2.45, 2.75) is 15.4 Å². The second-order valence-electron chi connectivity index (χ2n) is 5.44. The third-order valence-electron chi connectivity index (χ3n) is 3.81. The number of H-pyrrole nitrogens is 1. The molecule has 0 fully saturated rings. The smallest absolute Gasteiger partial charge is 0.270 e. The molecule has 11 heteroatoms. The Morgan fingerprint density at radius 3 is 2.62 bits per heavy atom. The number of nitrogens with two attached hydrogens (primary N) is 1.